The average Bonchev–Trinajstić information content (AvgIpc) is 3.28. The van der Waals surface area contributed by atoms with Crippen LogP contribution in [0.5, 0.6) is 0 Å². The van der Waals surface area contributed by atoms with Gasteiger partial charge in [-0.25, -0.2) is 13.2 Å². The number of hydrogen-bond acceptors (Lipinski definition) is 5. The van der Waals surface area contributed by atoms with Crippen molar-refractivity contribution in [3.63, 3.8) is 0 Å². The van der Waals surface area contributed by atoms with E-state index in [-0.39, 0.29) is 16.5 Å². The summed E-state index contributed by atoms with van der Waals surface area (Å²) >= 11 is 3.36. The van der Waals surface area contributed by atoms with E-state index in [2.05, 4.69) is 21.2 Å². The van der Waals surface area contributed by atoms with Gasteiger partial charge in [-0.1, -0.05) is 34.1 Å². The smallest absolute Gasteiger partial charge is 0.338 e. The Balaban J connectivity index is 1.58. The van der Waals surface area contributed by atoms with E-state index in [1.54, 1.807) is 0 Å². The standard InChI is InChI=1S/C21H23BrN2O5S/c1-15(16-7-9-18(22)10-8-16)23-20(25)14-29-21(26)17-5-4-6-19(13-17)30(27,28)24-11-2-3-12-24/h4-10,13,15H,2-3,11-12,14H2,1H3,(H,23,25). The quantitative estimate of drug-likeness (QED) is 0.596. The first kappa shape index (κ1) is 22.5. The van der Waals surface area contributed by atoms with Gasteiger partial charge in [0.25, 0.3) is 5.91 Å². The van der Waals surface area contributed by atoms with Crippen LogP contribution in [-0.4, -0.2) is 44.3 Å². The van der Waals surface area contributed by atoms with E-state index in [1.165, 1.54) is 28.6 Å². The summed E-state index contributed by atoms with van der Waals surface area (Å²) in [7, 11) is -3.63. The van der Waals surface area contributed by atoms with Crippen LogP contribution < -0.4 is 5.32 Å². The molecule has 3 rings (SSSR count). The van der Waals surface area contributed by atoms with Crippen molar-refractivity contribution in [3.05, 3.63) is 64.1 Å². The second-order valence-corrected chi connectivity index (χ2v) is 9.91. The minimum absolute atomic E-state index is 0.0483. The zero-order valence-electron chi connectivity index (χ0n) is 16.5. The van der Waals surface area contributed by atoms with E-state index in [1.807, 2.05) is 31.2 Å². The molecule has 9 heteroatoms. The number of hydrogen-bond donors (Lipinski definition) is 1. The molecule has 7 nitrogen and oxygen atoms in total. The molecule has 1 heterocycles. The molecule has 1 N–H and O–H groups in total. The molecule has 0 saturated carbocycles. The summed E-state index contributed by atoms with van der Waals surface area (Å²) in [5.74, 6) is -1.19. The van der Waals surface area contributed by atoms with Gasteiger partial charge >= 0.3 is 5.97 Å². The highest BCUT2D eigenvalue weighted by molar-refractivity contribution is 9.10. The summed E-state index contributed by atoms with van der Waals surface area (Å²) in [5.41, 5.74) is 1.00. The van der Waals surface area contributed by atoms with Gasteiger partial charge in [0.15, 0.2) is 6.61 Å². The summed E-state index contributed by atoms with van der Waals surface area (Å²) in [6.45, 7) is 2.33. The Morgan fingerprint density at radius 1 is 1.13 bits per heavy atom. The molecule has 1 unspecified atom stereocenters. The highest BCUT2D eigenvalue weighted by Gasteiger charge is 2.27. The van der Waals surface area contributed by atoms with Crippen LogP contribution in [0, 0.1) is 0 Å². The van der Waals surface area contributed by atoms with Crippen molar-refractivity contribution in [2.75, 3.05) is 19.7 Å². The zero-order chi connectivity index (χ0) is 21.7. The molecule has 1 aliphatic rings. The van der Waals surface area contributed by atoms with Gasteiger partial charge < -0.3 is 10.1 Å². The monoisotopic (exact) mass is 494 g/mol. The number of esters is 1. The van der Waals surface area contributed by atoms with Crippen molar-refractivity contribution in [3.8, 4) is 0 Å². The van der Waals surface area contributed by atoms with Crippen LogP contribution in [0.4, 0.5) is 0 Å². The van der Waals surface area contributed by atoms with Crippen molar-refractivity contribution in [2.24, 2.45) is 0 Å². The van der Waals surface area contributed by atoms with Gasteiger partial charge in [-0.05, 0) is 55.7 Å². The Morgan fingerprint density at radius 3 is 2.47 bits per heavy atom. The third-order valence-electron chi connectivity index (χ3n) is 4.85. The molecular formula is C21H23BrN2O5S. The molecule has 0 bridgehead atoms. The Hall–Kier alpha value is -2.23. The Kier molecular flexibility index (Phi) is 7.27. The molecule has 1 amide bonds. The van der Waals surface area contributed by atoms with Gasteiger partial charge in [-0.3, -0.25) is 4.79 Å². The Labute approximate surface area is 184 Å². The lowest BCUT2D eigenvalue weighted by atomic mass is 10.1. The minimum atomic E-state index is -3.63. The van der Waals surface area contributed by atoms with E-state index in [4.69, 9.17) is 4.74 Å². The van der Waals surface area contributed by atoms with Gasteiger partial charge in [-0.2, -0.15) is 4.31 Å². The number of benzene rings is 2. The normalized spacial score (nSPS) is 15.5. The largest absolute Gasteiger partial charge is 0.452 e. The van der Waals surface area contributed by atoms with Crippen molar-refractivity contribution in [1.82, 2.24) is 9.62 Å². The Bertz CT molecular complexity index is 1020. The summed E-state index contributed by atoms with van der Waals surface area (Å²) in [5, 5.41) is 2.76. The zero-order valence-corrected chi connectivity index (χ0v) is 18.9. The van der Waals surface area contributed by atoms with E-state index in [9.17, 15) is 18.0 Å². The first-order chi connectivity index (χ1) is 14.3. The number of carbonyl (C=O) groups excluding carboxylic acids is 2. The van der Waals surface area contributed by atoms with Crippen LogP contribution in [0.25, 0.3) is 0 Å². The lowest BCUT2D eigenvalue weighted by Gasteiger charge is -2.16. The minimum Gasteiger partial charge on any atom is -0.452 e. The molecule has 0 aliphatic carbocycles. The third kappa shape index (κ3) is 5.47. The summed E-state index contributed by atoms with van der Waals surface area (Å²) < 4.78 is 32.7. The molecule has 160 valence electrons. The lowest BCUT2D eigenvalue weighted by molar-refractivity contribution is -0.124. The number of nitrogens with zero attached hydrogens (tertiary/aromatic N) is 1. The maximum absolute atomic E-state index is 12.7. The molecule has 30 heavy (non-hydrogen) atoms. The van der Waals surface area contributed by atoms with Gasteiger partial charge in [0.05, 0.1) is 16.5 Å². The van der Waals surface area contributed by atoms with Crippen LogP contribution in [0.1, 0.15) is 41.7 Å². The first-order valence-corrected chi connectivity index (χ1v) is 11.8. The molecule has 1 aliphatic heterocycles. The number of amides is 1. The fourth-order valence-electron chi connectivity index (χ4n) is 3.19. The molecule has 1 saturated heterocycles. The van der Waals surface area contributed by atoms with Crippen LogP contribution in [0.2, 0.25) is 0 Å². The van der Waals surface area contributed by atoms with Gasteiger partial charge in [0, 0.05) is 17.6 Å². The van der Waals surface area contributed by atoms with Crippen LogP contribution in [-0.2, 0) is 19.6 Å². The Morgan fingerprint density at radius 2 is 1.80 bits per heavy atom. The topological polar surface area (TPSA) is 92.8 Å². The summed E-state index contributed by atoms with van der Waals surface area (Å²) in [4.78, 5) is 24.5. The third-order valence-corrected chi connectivity index (χ3v) is 7.28. The number of nitrogens with one attached hydrogen (secondary N) is 1. The predicted molar refractivity (Wildman–Crippen MR) is 115 cm³/mol. The number of rotatable bonds is 7. The fraction of sp³-hybridized carbons (Fsp3) is 0.333. The molecule has 1 atom stereocenters. The summed E-state index contributed by atoms with van der Waals surface area (Å²) in [6.07, 6.45) is 1.66. The van der Waals surface area contributed by atoms with Gasteiger partial charge in [-0.15, -0.1) is 0 Å². The van der Waals surface area contributed by atoms with E-state index in [0.717, 1.165) is 22.9 Å². The second-order valence-electron chi connectivity index (χ2n) is 7.06. The van der Waals surface area contributed by atoms with E-state index < -0.39 is 28.5 Å². The molecule has 0 radical (unpaired) electrons. The number of sulfonamides is 1. The van der Waals surface area contributed by atoms with Gasteiger partial charge in [0.2, 0.25) is 10.0 Å². The van der Waals surface area contributed by atoms with Crippen molar-refractivity contribution >= 4 is 37.8 Å². The second kappa shape index (κ2) is 9.72. The van der Waals surface area contributed by atoms with E-state index in [0.29, 0.717) is 13.1 Å². The number of ether oxygens (including phenoxy) is 1. The average molecular weight is 495 g/mol. The fourth-order valence-corrected chi connectivity index (χ4v) is 5.02. The van der Waals surface area contributed by atoms with Crippen molar-refractivity contribution < 1.29 is 22.7 Å². The van der Waals surface area contributed by atoms with Crippen molar-refractivity contribution in [1.29, 1.82) is 0 Å². The molecule has 0 spiro atoms. The highest BCUT2D eigenvalue weighted by atomic mass is 79.9. The lowest BCUT2D eigenvalue weighted by Crippen LogP contribution is -2.31. The predicted octanol–water partition coefficient (Wildman–Crippen LogP) is 3.27. The molecule has 2 aromatic carbocycles. The van der Waals surface area contributed by atoms with Crippen molar-refractivity contribution in [2.45, 2.75) is 30.7 Å². The van der Waals surface area contributed by atoms with Crippen LogP contribution >= 0.6 is 15.9 Å². The maximum atomic E-state index is 12.7. The summed E-state index contributed by atoms with van der Waals surface area (Å²) in [6, 6.07) is 13.0. The van der Waals surface area contributed by atoms with Gasteiger partial charge in [0.1, 0.15) is 0 Å². The number of carbonyl (C=O) groups is 2. The molecule has 2 aromatic rings. The molecular weight excluding hydrogens is 472 g/mol. The first-order valence-electron chi connectivity index (χ1n) is 9.59. The maximum Gasteiger partial charge on any atom is 0.338 e. The molecule has 1 fully saturated rings. The van der Waals surface area contributed by atoms with Crippen LogP contribution in [0.3, 0.4) is 0 Å². The molecule has 0 aromatic heterocycles. The highest BCUT2D eigenvalue weighted by Crippen LogP contribution is 2.22. The van der Waals surface area contributed by atoms with Crippen LogP contribution in [0.15, 0.2) is 57.9 Å². The SMILES string of the molecule is CC(NC(=O)COC(=O)c1cccc(S(=O)(=O)N2CCCC2)c1)c1ccc(Br)cc1. The number of halogens is 1. The van der Waals surface area contributed by atoms with E-state index >= 15 is 0 Å².